The van der Waals surface area contributed by atoms with E-state index < -0.39 is 0 Å². The summed E-state index contributed by atoms with van der Waals surface area (Å²) in [6, 6.07) is 16.9. The van der Waals surface area contributed by atoms with Gasteiger partial charge in [0.25, 0.3) is 0 Å². The Morgan fingerprint density at radius 2 is 1.91 bits per heavy atom. The average Bonchev–Trinajstić information content (AvgIpc) is 3.24. The van der Waals surface area contributed by atoms with Crippen LogP contribution < -0.4 is 0 Å². The van der Waals surface area contributed by atoms with Crippen LogP contribution in [0, 0.1) is 17.7 Å². The molecule has 5 heteroatoms. The largest absolute Gasteiger partial charge is 0.298 e. The highest BCUT2D eigenvalue weighted by molar-refractivity contribution is 6.16. The van der Waals surface area contributed by atoms with Gasteiger partial charge < -0.3 is 0 Å². The summed E-state index contributed by atoms with van der Waals surface area (Å²) < 4.78 is 14.1. The van der Waals surface area contributed by atoms with Crippen LogP contribution in [0.2, 0.25) is 0 Å². The zero-order chi connectivity index (χ0) is 22.8. The second-order valence-corrected chi connectivity index (χ2v) is 9.39. The van der Waals surface area contributed by atoms with Crippen molar-refractivity contribution in [2.75, 3.05) is 13.1 Å². The Hall–Kier alpha value is -3.18. The summed E-state index contributed by atoms with van der Waals surface area (Å²) in [7, 11) is 0. The van der Waals surface area contributed by atoms with E-state index in [0.717, 1.165) is 53.0 Å². The second-order valence-electron chi connectivity index (χ2n) is 9.39. The maximum atomic E-state index is 14.1. The third-order valence-corrected chi connectivity index (χ3v) is 6.70. The number of likely N-dealkylation sites (tertiary alicyclic amines) is 1. The molecule has 2 unspecified atom stereocenters. The van der Waals surface area contributed by atoms with Crippen molar-refractivity contribution in [2.24, 2.45) is 16.8 Å². The van der Waals surface area contributed by atoms with Crippen molar-refractivity contribution in [3.63, 3.8) is 0 Å². The molecule has 0 N–H and O–H groups in total. The molecule has 1 saturated heterocycles. The molecule has 0 spiro atoms. The average molecular weight is 442 g/mol. The van der Waals surface area contributed by atoms with Crippen LogP contribution in [0.4, 0.5) is 4.39 Å². The fourth-order valence-corrected chi connectivity index (χ4v) is 5.24. The molecule has 2 atom stereocenters. The number of benzene rings is 2. The van der Waals surface area contributed by atoms with Gasteiger partial charge in [0.05, 0.1) is 12.3 Å². The number of hydrogen-bond acceptors (Lipinski definition) is 4. The number of pyridine rings is 1. The molecule has 0 amide bonds. The number of ketones is 1. The van der Waals surface area contributed by atoms with E-state index in [1.54, 1.807) is 18.5 Å². The molecule has 4 nitrogen and oxygen atoms in total. The predicted molar refractivity (Wildman–Crippen MR) is 128 cm³/mol. The summed E-state index contributed by atoms with van der Waals surface area (Å²) >= 11 is 0. The van der Waals surface area contributed by atoms with Gasteiger partial charge in [-0.2, -0.15) is 0 Å². The zero-order valence-electron chi connectivity index (χ0n) is 18.9. The first-order valence-electron chi connectivity index (χ1n) is 11.6. The van der Waals surface area contributed by atoms with E-state index in [9.17, 15) is 9.18 Å². The molecule has 3 heterocycles. The molecule has 3 aromatic rings. The molecule has 1 aromatic heterocycles. The Bertz CT molecular complexity index is 1190. The molecule has 2 aromatic carbocycles. The molecular weight excluding hydrogens is 413 g/mol. The van der Waals surface area contributed by atoms with Gasteiger partial charge in [-0.25, -0.2) is 4.39 Å². The third kappa shape index (κ3) is 4.79. The summed E-state index contributed by atoms with van der Waals surface area (Å²) in [6.45, 7) is 5.21. The Balaban J connectivity index is 1.29. The lowest BCUT2D eigenvalue weighted by molar-refractivity contribution is 0.0858. The molecule has 0 radical (unpaired) electrons. The van der Waals surface area contributed by atoms with Crippen LogP contribution in [-0.2, 0) is 13.1 Å². The lowest BCUT2D eigenvalue weighted by Gasteiger charge is -2.36. The van der Waals surface area contributed by atoms with Gasteiger partial charge in [0.2, 0.25) is 0 Å². The molecule has 5 rings (SSSR count). The van der Waals surface area contributed by atoms with Crippen LogP contribution in [0.1, 0.15) is 52.4 Å². The monoisotopic (exact) mass is 441 g/mol. The van der Waals surface area contributed by atoms with Crippen LogP contribution in [-0.4, -0.2) is 34.5 Å². The first-order chi connectivity index (χ1) is 16.1. The smallest absolute Gasteiger partial charge is 0.163 e. The van der Waals surface area contributed by atoms with E-state index >= 15 is 0 Å². The van der Waals surface area contributed by atoms with E-state index in [2.05, 4.69) is 16.8 Å². The van der Waals surface area contributed by atoms with Crippen molar-refractivity contribution >= 4 is 11.5 Å². The van der Waals surface area contributed by atoms with Crippen LogP contribution >= 0.6 is 0 Å². The molecule has 0 bridgehead atoms. The van der Waals surface area contributed by atoms with Crippen molar-refractivity contribution in [2.45, 2.75) is 32.9 Å². The fraction of sp³-hybridized carbons (Fsp3) is 0.321. The van der Waals surface area contributed by atoms with Crippen molar-refractivity contribution in [3.05, 3.63) is 101 Å². The summed E-state index contributed by atoms with van der Waals surface area (Å²) in [5.41, 5.74) is 5.63. The van der Waals surface area contributed by atoms with Gasteiger partial charge in [-0.3, -0.25) is 19.7 Å². The third-order valence-electron chi connectivity index (χ3n) is 6.70. The number of aromatic nitrogens is 1. The standard InChI is InChI=1S/C28H28FN3O/c1-19-12-20(17-32(16-19)18-24-4-2-3-5-26(24)29)13-27(33)22-6-7-23-15-31-28(25(23)14-22)21-8-10-30-11-9-21/h2-11,14,19-20H,12-13,15-18H2,1H3. The number of fused-ring (bicyclic) bond motifs is 1. The first-order valence-corrected chi connectivity index (χ1v) is 11.6. The van der Waals surface area contributed by atoms with Gasteiger partial charge in [0.15, 0.2) is 5.78 Å². The van der Waals surface area contributed by atoms with Gasteiger partial charge in [-0.15, -0.1) is 0 Å². The number of rotatable bonds is 6. The minimum absolute atomic E-state index is 0.159. The summed E-state index contributed by atoms with van der Waals surface area (Å²) in [6.07, 6.45) is 5.07. The molecule has 33 heavy (non-hydrogen) atoms. The van der Waals surface area contributed by atoms with Crippen molar-refractivity contribution in [1.82, 2.24) is 9.88 Å². The van der Waals surface area contributed by atoms with Crippen LogP contribution in [0.25, 0.3) is 0 Å². The van der Waals surface area contributed by atoms with Gasteiger partial charge in [-0.1, -0.05) is 37.3 Å². The molecule has 1 fully saturated rings. The Kier molecular flexibility index (Phi) is 6.14. The lowest BCUT2D eigenvalue weighted by atomic mass is 9.85. The minimum Gasteiger partial charge on any atom is -0.298 e. The van der Waals surface area contributed by atoms with E-state index in [0.29, 0.717) is 25.4 Å². The van der Waals surface area contributed by atoms with E-state index in [1.807, 2.05) is 42.5 Å². The lowest BCUT2D eigenvalue weighted by Crippen LogP contribution is -2.40. The van der Waals surface area contributed by atoms with Crippen molar-refractivity contribution in [3.8, 4) is 0 Å². The van der Waals surface area contributed by atoms with Crippen LogP contribution in [0.15, 0.2) is 72.0 Å². The summed E-state index contributed by atoms with van der Waals surface area (Å²) in [5.74, 6) is 0.764. The normalized spacial score (nSPS) is 20.4. The number of aliphatic imine (C=N–C) groups is 1. The SMILES string of the molecule is CC1CC(CC(=O)c2ccc3c(c2)C(c2ccncc2)=NC3)CN(Cc2ccccc2F)C1. The summed E-state index contributed by atoms with van der Waals surface area (Å²) in [5, 5.41) is 0. The number of piperidine rings is 1. The molecule has 0 aliphatic carbocycles. The number of halogens is 1. The van der Waals surface area contributed by atoms with E-state index in [1.165, 1.54) is 6.07 Å². The molecule has 0 saturated carbocycles. The Morgan fingerprint density at radius 3 is 2.73 bits per heavy atom. The fourth-order valence-electron chi connectivity index (χ4n) is 5.24. The number of nitrogens with zero attached hydrogens (tertiary/aromatic N) is 3. The maximum Gasteiger partial charge on any atom is 0.163 e. The molecule has 168 valence electrons. The quantitative estimate of drug-likeness (QED) is 0.488. The van der Waals surface area contributed by atoms with Gasteiger partial charge in [0, 0.05) is 60.7 Å². The van der Waals surface area contributed by atoms with Crippen molar-refractivity contribution in [1.29, 1.82) is 0 Å². The predicted octanol–water partition coefficient (Wildman–Crippen LogP) is 5.30. The van der Waals surface area contributed by atoms with Crippen LogP contribution in [0.5, 0.6) is 0 Å². The maximum absolute atomic E-state index is 14.1. The van der Waals surface area contributed by atoms with Gasteiger partial charge in [-0.05, 0) is 48.1 Å². The van der Waals surface area contributed by atoms with Gasteiger partial charge in [0.1, 0.15) is 5.82 Å². The van der Waals surface area contributed by atoms with E-state index in [4.69, 9.17) is 4.99 Å². The van der Waals surface area contributed by atoms with E-state index in [-0.39, 0.29) is 17.5 Å². The molecular formula is C28H28FN3O. The topological polar surface area (TPSA) is 45.6 Å². The minimum atomic E-state index is -0.159. The Labute approximate surface area is 194 Å². The highest BCUT2D eigenvalue weighted by Gasteiger charge is 2.28. The van der Waals surface area contributed by atoms with Crippen LogP contribution in [0.3, 0.4) is 0 Å². The number of carbonyl (C=O) groups is 1. The Morgan fingerprint density at radius 1 is 1.09 bits per heavy atom. The zero-order valence-corrected chi connectivity index (χ0v) is 18.9. The second kappa shape index (κ2) is 9.36. The van der Waals surface area contributed by atoms with Crippen molar-refractivity contribution < 1.29 is 9.18 Å². The molecule has 2 aliphatic rings. The highest BCUT2D eigenvalue weighted by atomic mass is 19.1. The molecule has 2 aliphatic heterocycles. The number of carbonyl (C=O) groups excluding carboxylic acids is 1. The number of hydrogen-bond donors (Lipinski definition) is 0. The first kappa shape index (κ1) is 21.7. The highest BCUT2D eigenvalue weighted by Crippen LogP contribution is 2.29. The summed E-state index contributed by atoms with van der Waals surface area (Å²) in [4.78, 5) is 24.3. The van der Waals surface area contributed by atoms with Gasteiger partial charge >= 0.3 is 0 Å². The number of Topliss-reactive ketones (excluding diaryl/α,β-unsaturated/α-hetero) is 1.